The average Bonchev–Trinajstić information content (AvgIpc) is 2.49. The smallest absolute Gasteiger partial charge is 0.123 e. The van der Waals surface area contributed by atoms with Gasteiger partial charge in [-0.1, -0.05) is 45.8 Å². The second-order valence-corrected chi connectivity index (χ2v) is 6.10. The third kappa shape index (κ3) is 4.24. The number of methoxy groups -OCH3 is 1. The molecule has 0 amide bonds. The first-order valence-corrected chi connectivity index (χ1v) is 8.06. The minimum atomic E-state index is 0.214. The largest absolute Gasteiger partial charge is 0.497 e. The summed E-state index contributed by atoms with van der Waals surface area (Å²) in [5, 5.41) is 0. The van der Waals surface area contributed by atoms with Gasteiger partial charge in [0.1, 0.15) is 11.5 Å². The predicted octanol–water partition coefficient (Wildman–Crippen LogP) is 5.08. The Kier molecular flexibility index (Phi) is 5.68. The van der Waals surface area contributed by atoms with Crippen molar-refractivity contribution in [1.29, 1.82) is 0 Å². The molecule has 0 saturated carbocycles. The number of aryl methyl sites for hydroxylation is 1. The number of alkyl halides is 1. The maximum Gasteiger partial charge on any atom is 0.123 e. The van der Waals surface area contributed by atoms with Crippen LogP contribution in [0.3, 0.4) is 0 Å². The molecule has 0 heterocycles. The van der Waals surface area contributed by atoms with Crippen molar-refractivity contribution >= 4 is 15.9 Å². The van der Waals surface area contributed by atoms with Gasteiger partial charge in [-0.15, -0.1) is 0 Å². The van der Waals surface area contributed by atoms with Crippen molar-refractivity contribution < 1.29 is 9.47 Å². The molecule has 3 heteroatoms. The van der Waals surface area contributed by atoms with Gasteiger partial charge in [-0.2, -0.15) is 0 Å². The number of hydrogen-bond donors (Lipinski definition) is 0. The minimum absolute atomic E-state index is 0.214. The Bertz CT molecular complexity index is 596. The zero-order chi connectivity index (χ0) is 15.2. The van der Waals surface area contributed by atoms with E-state index < -0.39 is 0 Å². The van der Waals surface area contributed by atoms with Crippen LogP contribution >= 0.6 is 15.9 Å². The molecule has 2 rings (SSSR count). The van der Waals surface area contributed by atoms with Gasteiger partial charge in [0.25, 0.3) is 0 Å². The van der Waals surface area contributed by atoms with Gasteiger partial charge in [-0.25, -0.2) is 0 Å². The number of hydrogen-bond acceptors (Lipinski definition) is 2. The molecule has 0 fully saturated rings. The molecule has 2 nitrogen and oxygen atoms in total. The summed E-state index contributed by atoms with van der Waals surface area (Å²) in [5.74, 6) is 1.84. The van der Waals surface area contributed by atoms with E-state index in [0.29, 0.717) is 6.61 Å². The van der Waals surface area contributed by atoms with Gasteiger partial charge in [-0.3, -0.25) is 0 Å². The van der Waals surface area contributed by atoms with E-state index in [-0.39, 0.29) is 4.83 Å². The first kappa shape index (κ1) is 15.9. The van der Waals surface area contributed by atoms with Crippen LogP contribution in [0.15, 0.2) is 42.5 Å². The van der Waals surface area contributed by atoms with Crippen LogP contribution in [0.2, 0.25) is 0 Å². The van der Waals surface area contributed by atoms with Crippen molar-refractivity contribution in [3.8, 4) is 11.5 Å². The Morgan fingerprint density at radius 2 is 1.95 bits per heavy atom. The third-order valence-corrected chi connectivity index (χ3v) is 4.17. The van der Waals surface area contributed by atoms with Gasteiger partial charge in [0, 0.05) is 10.4 Å². The number of ether oxygens (including phenoxy) is 2. The molecule has 0 aliphatic rings. The summed E-state index contributed by atoms with van der Waals surface area (Å²) in [6.45, 7) is 4.79. The first-order chi connectivity index (χ1) is 10.1. The molecule has 2 aromatic rings. The monoisotopic (exact) mass is 348 g/mol. The van der Waals surface area contributed by atoms with Crippen LogP contribution in [0, 0.1) is 6.92 Å². The second kappa shape index (κ2) is 7.51. The topological polar surface area (TPSA) is 18.5 Å². The summed E-state index contributed by atoms with van der Waals surface area (Å²) >= 11 is 3.80. The minimum Gasteiger partial charge on any atom is -0.497 e. The predicted molar refractivity (Wildman–Crippen MR) is 90.7 cm³/mol. The highest BCUT2D eigenvalue weighted by Crippen LogP contribution is 2.35. The van der Waals surface area contributed by atoms with E-state index in [1.807, 2.05) is 25.1 Å². The van der Waals surface area contributed by atoms with Gasteiger partial charge in [0.05, 0.1) is 13.7 Å². The molecular formula is C18H21BrO2. The van der Waals surface area contributed by atoms with Crippen molar-refractivity contribution in [1.82, 2.24) is 0 Å². The van der Waals surface area contributed by atoms with Crippen LogP contribution in [0.5, 0.6) is 11.5 Å². The quantitative estimate of drug-likeness (QED) is 0.677. The molecular weight excluding hydrogens is 328 g/mol. The summed E-state index contributed by atoms with van der Waals surface area (Å²) in [6, 6.07) is 14.5. The summed E-state index contributed by atoms with van der Waals surface area (Å²) in [5.41, 5.74) is 3.67. The van der Waals surface area contributed by atoms with Crippen LogP contribution in [0.25, 0.3) is 0 Å². The fourth-order valence-corrected chi connectivity index (χ4v) is 3.05. The Hall–Kier alpha value is -1.48. The summed E-state index contributed by atoms with van der Waals surface area (Å²) in [7, 11) is 1.69. The van der Waals surface area contributed by atoms with E-state index in [1.54, 1.807) is 7.11 Å². The molecule has 0 spiro atoms. The summed E-state index contributed by atoms with van der Waals surface area (Å²) < 4.78 is 11.0. The van der Waals surface area contributed by atoms with Crippen LogP contribution < -0.4 is 9.47 Å². The maximum absolute atomic E-state index is 5.74. The average molecular weight is 349 g/mol. The number of benzene rings is 2. The lowest BCUT2D eigenvalue weighted by Gasteiger charge is -2.16. The van der Waals surface area contributed by atoms with Crippen LogP contribution in [-0.4, -0.2) is 13.7 Å². The van der Waals surface area contributed by atoms with E-state index in [0.717, 1.165) is 17.9 Å². The Labute approximate surface area is 135 Å². The first-order valence-electron chi connectivity index (χ1n) is 7.14. The maximum atomic E-state index is 5.74. The Balaban J connectivity index is 2.22. The molecule has 1 atom stereocenters. The van der Waals surface area contributed by atoms with Crippen LogP contribution in [0.1, 0.15) is 28.4 Å². The SMILES string of the molecule is CCOc1ccc(C)cc1C(Br)Cc1cccc(OC)c1. The third-order valence-electron chi connectivity index (χ3n) is 3.35. The van der Waals surface area contributed by atoms with Gasteiger partial charge in [-0.05, 0) is 44.0 Å². The number of rotatable bonds is 6. The van der Waals surface area contributed by atoms with Crippen LogP contribution in [0.4, 0.5) is 0 Å². The molecule has 1 unspecified atom stereocenters. The van der Waals surface area contributed by atoms with Crippen LogP contribution in [-0.2, 0) is 6.42 Å². The van der Waals surface area contributed by atoms with E-state index in [2.05, 4.69) is 47.1 Å². The lowest BCUT2D eigenvalue weighted by atomic mass is 10.0. The molecule has 0 saturated heterocycles. The fraction of sp³-hybridized carbons (Fsp3) is 0.333. The van der Waals surface area contributed by atoms with E-state index in [9.17, 15) is 0 Å². The lowest BCUT2D eigenvalue weighted by molar-refractivity contribution is 0.336. The van der Waals surface area contributed by atoms with Gasteiger partial charge >= 0.3 is 0 Å². The summed E-state index contributed by atoms with van der Waals surface area (Å²) in [6.07, 6.45) is 0.890. The van der Waals surface area contributed by atoms with Crippen molar-refractivity contribution in [3.63, 3.8) is 0 Å². The molecule has 2 aromatic carbocycles. The standard InChI is InChI=1S/C18H21BrO2/c1-4-21-18-9-8-13(2)10-16(18)17(19)12-14-6-5-7-15(11-14)20-3/h5-11,17H,4,12H2,1-3H3. The van der Waals surface area contributed by atoms with E-state index >= 15 is 0 Å². The van der Waals surface area contributed by atoms with E-state index in [4.69, 9.17) is 9.47 Å². The van der Waals surface area contributed by atoms with Crippen molar-refractivity contribution in [2.45, 2.75) is 25.1 Å². The highest BCUT2D eigenvalue weighted by Gasteiger charge is 2.14. The van der Waals surface area contributed by atoms with Crippen molar-refractivity contribution in [2.24, 2.45) is 0 Å². The highest BCUT2D eigenvalue weighted by molar-refractivity contribution is 9.09. The Morgan fingerprint density at radius 1 is 1.14 bits per heavy atom. The second-order valence-electron chi connectivity index (χ2n) is 5.00. The summed E-state index contributed by atoms with van der Waals surface area (Å²) in [4.78, 5) is 0.214. The van der Waals surface area contributed by atoms with Gasteiger partial charge in [0.15, 0.2) is 0 Å². The highest BCUT2D eigenvalue weighted by atomic mass is 79.9. The zero-order valence-corrected chi connectivity index (χ0v) is 14.3. The van der Waals surface area contributed by atoms with Crippen molar-refractivity contribution in [2.75, 3.05) is 13.7 Å². The molecule has 0 N–H and O–H groups in total. The molecule has 0 aliphatic carbocycles. The van der Waals surface area contributed by atoms with Crippen molar-refractivity contribution in [3.05, 3.63) is 59.2 Å². The normalized spacial score (nSPS) is 12.0. The van der Waals surface area contributed by atoms with E-state index in [1.165, 1.54) is 16.7 Å². The molecule has 21 heavy (non-hydrogen) atoms. The molecule has 0 radical (unpaired) electrons. The van der Waals surface area contributed by atoms with Gasteiger partial charge in [0.2, 0.25) is 0 Å². The Morgan fingerprint density at radius 3 is 2.67 bits per heavy atom. The molecule has 0 aliphatic heterocycles. The molecule has 112 valence electrons. The zero-order valence-electron chi connectivity index (χ0n) is 12.7. The molecule has 0 aromatic heterocycles. The van der Waals surface area contributed by atoms with Gasteiger partial charge < -0.3 is 9.47 Å². The fourth-order valence-electron chi connectivity index (χ4n) is 2.32. The molecule has 0 bridgehead atoms. The number of halogens is 1. The lowest BCUT2D eigenvalue weighted by Crippen LogP contribution is -2.02.